The predicted molar refractivity (Wildman–Crippen MR) is 63.9 cm³/mol. The first-order valence-corrected chi connectivity index (χ1v) is 6.15. The van der Waals surface area contributed by atoms with Crippen LogP contribution in [0, 0.1) is 0 Å². The summed E-state index contributed by atoms with van der Waals surface area (Å²) in [6, 6.07) is 7.33. The van der Waals surface area contributed by atoms with E-state index in [0.717, 1.165) is 0 Å². The van der Waals surface area contributed by atoms with Crippen molar-refractivity contribution in [1.82, 2.24) is 9.97 Å². The van der Waals surface area contributed by atoms with Gasteiger partial charge >= 0.3 is 0 Å². The molecule has 0 N–H and O–H groups in total. The van der Waals surface area contributed by atoms with Crippen molar-refractivity contribution in [2.24, 2.45) is 0 Å². The molecule has 0 aliphatic rings. The van der Waals surface area contributed by atoms with E-state index in [1.807, 2.05) is 36.8 Å². The van der Waals surface area contributed by atoms with Crippen LogP contribution in [0.4, 0.5) is 5.82 Å². The van der Waals surface area contributed by atoms with Gasteiger partial charge in [0.2, 0.25) is 0 Å². The van der Waals surface area contributed by atoms with Crippen molar-refractivity contribution in [2.75, 3.05) is 6.26 Å². The number of halogens is 1. The van der Waals surface area contributed by atoms with Gasteiger partial charge in [0.25, 0.3) is 0 Å². The van der Waals surface area contributed by atoms with E-state index in [4.69, 9.17) is 11.6 Å². The molecule has 0 unspecified atom stereocenters. The molecule has 2 heterocycles. The minimum Gasteiger partial charge on any atom is -0.410 e. The molecule has 0 amide bonds. The summed E-state index contributed by atoms with van der Waals surface area (Å²) in [6.07, 6.45) is 5.55. The lowest BCUT2D eigenvalue weighted by atomic mass is 10.5. The number of nitrogens with zero attached hydrogens (tertiary/aromatic N) is 4. The summed E-state index contributed by atoms with van der Waals surface area (Å²) in [4.78, 5) is 8.27. The fraction of sp³-hybridized carbons (Fsp3) is 0.100. The van der Waals surface area contributed by atoms with Crippen LogP contribution in [0.15, 0.2) is 41.8 Å². The molecule has 0 saturated carbocycles. The Labute approximate surface area is 103 Å². The fourth-order valence-corrected chi connectivity index (χ4v) is 1.70. The average Bonchev–Trinajstić information content (AvgIpc) is 2.29. The van der Waals surface area contributed by atoms with E-state index in [0.29, 0.717) is 16.1 Å². The average molecular weight is 253 g/mol. The van der Waals surface area contributed by atoms with Crippen molar-refractivity contribution in [3.63, 3.8) is 0 Å². The molecule has 4 nitrogen and oxygen atoms in total. The largest absolute Gasteiger partial charge is 0.410 e. The Morgan fingerprint density at radius 2 is 2.00 bits per heavy atom. The fourth-order valence-electron chi connectivity index (χ4n) is 1.10. The second-order valence-electron chi connectivity index (χ2n) is 2.89. The van der Waals surface area contributed by atoms with Crippen LogP contribution in [-0.2, 0) is 0 Å². The number of hydrogen-bond donors (Lipinski definition) is 0. The van der Waals surface area contributed by atoms with Crippen LogP contribution < -0.4 is 4.68 Å². The Bertz CT molecular complexity index is 478. The topological polar surface area (TPSA) is 43.8 Å². The second kappa shape index (κ2) is 5.14. The van der Waals surface area contributed by atoms with Crippen LogP contribution in [0.1, 0.15) is 0 Å². The lowest BCUT2D eigenvalue weighted by Crippen LogP contribution is -2.26. The minimum atomic E-state index is 0.398. The molecule has 0 saturated heterocycles. The summed E-state index contributed by atoms with van der Waals surface area (Å²) in [6.45, 7) is 0. The van der Waals surface area contributed by atoms with Crippen LogP contribution >= 0.6 is 23.4 Å². The summed E-state index contributed by atoms with van der Waals surface area (Å²) in [5, 5.41) is 1.01. The molecule has 2 aromatic rings. The van der Waals surface area contributed by atoms with E-state index in [-0.39, 0.29) is 0 Å². The van der Waals surface area contributed by atoms with Crippen molar-refractivity contribution >= 4 is 29.2 Å². The summed E-state index contributed by atoms with van der Waals surface area (Å²) < 4.78 is 1.67. The third-order valence-corrected chi connectivity index (χ3v) is 2.50. The monoisotopic (exact) mass is 252 g/mol. The van der Waals surface area contributed by atoms with Gasteiger partial charge in [0.1, 0.15) is 5.15 Å². The molecule has 0 atom stereocenters. The zero-order chi connectivity index (χ0) is 11.4. The van der Waals surface area contributed by atoms with Gasteiger partial charge < -0.3 is 4.98 Å². The molecule has 0 spiro atoms. The number of thioether (sulfide) groups is 1. The highest BCUT2D eigenvalue weighted by Gasteiger charge is 1.97. The molecule has 2 rings (SSSR count). The zero-order valence-electron chi connectivity index (χ0n) is 8.54. The number of pyridine rings is 1. The number of hydrogen-bond acceptors (Lipinski definition) is 3. The summed E-state index contributed by atoms with van der Waals surface area (Å²) in [5.74, 6) is 0.542. The summed E-state index contributed by atoms with van der Waals surface area (Å²) >= 11 is 7.29. The van der Waals surface area contributed by atoms with Gasteiger partial charge in [0.15, 0.2) is 12.4 Å². The molecular weight excluding hydrogens is 244 g/mol. The van der Waals surface area contributed by atoms with E-state index in [1.165, 1.54) is 11.8 Å². The van der Waals surface area contributed by atoms with Crippen LogP contribution in [-0.4, -0.2) is 16.2 Å². The third-order valence-electron chi connectivity index (χ3n) is 1.76. The minimum absolute atomic E-state index is 0.398. The lowest BCUT2D eigenvalue weighted by Gasteiger charge is -2.10. The maximum atomic E-state index is 5.86. The Balaban J connectivity index is 2.24. The highest BCUT2D eigenvalue weighted by atomic mass is 35.5. The van der Waals surface area contributed by atoms with Gasteiger partial charge in [-0.3, -0.25) is 0 Å². The molecule has 82 valence electrons. The smallest absolute Gasteiger partial charge is 0.182 e. The van der Waals surface area contributed by atoms with Crippen LogP contribution in [0.5, 0.6) is 0 Å². The lowest BCUT2D eigenvalue weighted by molar-refractivity contribution is -0.619. The first-order valence-electron chi connectivity index (χ1n) is 4.55. The molecule has 0 aliphatic carbocycles. The van der Waals surface area contributed by atoms with Crippen LogP contribution in [0.25, 0.3) is 5.43 Å². The Morgan fingerprint density at radius 1 is 1.25 bits per heavy atom. The Kier molecular flexibility index (Phi) is 3.58. The molecule has 0 fully saturated rings. The SMILES string of the molecule is CSc1nc(Cl)cc([N-][n+]2ccccc2)n1. The van der Waals surface area contributed by atoms with Crippen LogP contribution in [0.2, 0.25) is 5.15 Å². The van der Waals surface area contributed by atoms with Crippen molar-refractivity contribution in [1.29, 1.82) is 0 Å². The van der Waals surface area contributed by atoms with Crippen molar-refractivity contribution in [3.8, 4) is 0 Å². The maximum absolute atomic E-state index is 5.86. The predicted octanol–water partition coefficient (Wildman–Crippen LogP) is 2.61. The van der Waals surface area contributed by atoms with Gasteiger partial charge in [-0.1, -0.05) is 17.7 Å². The van der Waals surface area contributed by atoms with Gasteiger partial charge in [-0.15, -0.1) is 11.8 Å². The normalized spacial score (nSPS) is 10.1. The van der Waals surface area contributed by atoms with Crippen molar-refractivity contribution < 1.29 is 4.68 Å². The van der Waals surface area contributed by atoms with Crippen molar-refractivity contribution in [3.05, 3.63) is 47.2 Å². The summed E-state index contributed by atoms with van der Waals surface area (Å²) in [5.41, 5.74) is 4.28. The van der Waals surface area contributed by atoms with E-state index in [2.05, 4.69) is 15.4 Å². The number of rotatable bonds is 3. The third kappa shape index (κ3) is 2.84. The van der Waals surface area contributed by atoms with E-state index < -0.39 is 0 Å². The Hall–Kier alpha value is -1.33. The van der Waals surface area contributed by atoms with Crippen molar-refractivity contribution in [2.45, 2.75) is 5.16 Å². The van der Waals surface area contributed by atoms with Gasteiger partial charge in [-0.05, 0) is 12.3 Å². The standard InChI is InChI=1S/C10H9ClN4S/c1-16-10-12-8(11)7-9(13-10)14-15-5-3-2-4-6-15/h2-7H,1H3. The second-order valence-corrected chi connectivity index (χ2v) is 4.05. The first kappa shape index (κ1) is 11.2. The maximum Gasteiger partial charge on any atom is 0.182 e. The molecule has 16 heavy (non-hydrogen) atoms. The number of aromatic nitrogens is 3. The Morgan fingerprint density at radius 3 is 2.69 bits per heavy atom. The molecule has 2 aromatic heterocycles. The highest BCUT2D eigenvalue weighted by molar-refractivity contribution is 7.98. The summed E-state index contributed by atoms with van der Waals surface area (Å²) in [7, 11) is 0. The quantitative estimate of drug-likeness (QED) is 0.365. The molecular formula is C10H9ClN4S. The highest BCUT2D eigenvalue weighted by Crippen LogP contribution is 2.20. The van der Waals surface area contributed by atoms with E-state index >= 15 is 0 Å². The van der Waals surface area contributed by atoms with Gasteiger partial charge in [-0.25, -0.2) is 4.98 Å². The van der Waals surface area contributed by atoms with Gasteiger partial charge in [-0.2, -0.15) is 10.1 Å². The van der Waals surface area contributed by atoms with E-state index in [1.54, 1.807) is 10.7 Å². The molecule has 0 radical (unpaired) electrons. The van der Waals surface area contributed by atoms with E-state index in [9.17, 15) is 0 Å². The zero-order valence-corrected chi connectivity index (χ0v) is 10.1. The van der Waals surface area contributed by atoms with Crippen LogP contribution in [0.3, 0.4) is 0 Å². The first-order chi connectivity index (χ1) is 7.78. The molecule has 6 heteroatoms. The molecule has 0 aromatic carbocycles. The van der Waals surface area contributed by atoms with Gasteiger partial charge in [0.05, 0.1) is 5.16 Å². The van der Waals surface area contributed by atoms with Gasteiger partial charge in [0, 0.05) is 18.0 Å². The molecule has 0 bridgehead atoms. The molecule has 0 aliphatic heterocycles.